The molecule has 0 heterocycles. The van der Waals surface area contributed by atoms with Crippen LogP contribution in [0.25, 0.3) is 0 Å². The van der Waals surface area contributed by atoms with Crippen molar-refractivity contribution in [2.24, 2.45) is 0 Å². The number of nitrogens with zero attached hydrogens (tertiary/aromatic N) is 12. The summed E-state index contributed by atoms with van der Waals surface area (Å²) in [6.45, 7) is 5.79. The molecule has 0 spiro atoms. The number of hydrogen-bond donors (Lipinski definition) is 0. The molecular weight excluding hydrogens is 1720 g/mol. The average Bonchev–Trinajstić information content (AvgIpc) is 0.797. The highest BCUT2D eigenvalue weighted by atomic mass is 16.6. The molecule has 0 unspecified atom stereocenters. The Morgan fingerprint density at radius 2 is 0.215 bits per heavy atom. The van der Waals surface area contributed by atoms with Crippen LogP contribution in [0.3, 0.4) is 0 Å². The lowest BCUT2D eigenvalue weighted by atomic mass is 10.0. The molecular formula is C105H126N12O18. The molecule has 0 radical (unpaired) electrons. The third-order valence-corrected chi connectivity index (χ3v) is 19.8. The zero-order valence-electron chi connectivity index (χ0n) is 82.0. The molecule has 10 aromatic carbocycles. The Hall–Kier alpha value is -13.1. The second-order valence-electron chi connectivity index (χ2n) is 37.3. The van der Waals surface area contributed by atoms with E-state index in [0.717, 1.165) is 85.0 Å². The summed E-state index contributed by atoms with van der Waals surface area (Å²) >= 11 is 0. The molecule has 0 aliphatic carbocycles. The van der Waals surface area contributed by atoms with Crippen molar-refractivity contribution >= 4 is 53.7 Å². The van der Waals surface area contributed by atoms with E-state index in [0.29, 0.717) is 78.5 Å². The predicted octanol–water partition coefficient (Wildman–Crippen LogP) is 13.4. The summed E-state index contributed by atoms with van der Waals surface area (Å²) in [5.41, 5.74) is 6.53. The lowest BCUT2D eigenvalue weighted by molar-refractivity contribution is 0.0695. The van der Waals surface area contributed by atoms with Crippen LogP contribution in [0, 0.1) is 0 Å². The maximum atomic E-state index is 15.6. The van der Waals surface area contributed by atoms with Crippen molar-refractivity contribution in [3.05, 3.63) is 299 Å². The topological polar surface area (TPSA) is 276 Å². The third-order valence-electron chi connectivity index (χ3n) is 19.8. The first-order chi connectivity index (χ1) is 63.7. The monoisotopic (exact) mass is 1840 g/mol. The maximum Gasteiger partial charge on any atom is 0.343 e. The van der Waals surface area contributed by atoms with Gasteiger partial charge in [0.2, 0.25) is 0 Å². The molecule has 0 N–H and O–H groups in total. The molecule has 30 nitrogen and oxygen atoms in total. The first kappa shape index (κ1) is 104. The summed E-state index contributed by atoms with van der Waals surface area (Å²) in [6.07, 6.45) is 0. The smallest absolute Gasteiger partial charge is 0.343 e. The summed E-state index contributed by atoms with van der Waals surface area (Å²) in [5.74, 6) is -10.0. The van der Waals surface area contributed by atoms with Crippen molar-refractivity contribution in [1.82, 2.24) is 58.8 Å². The van der Waals surface area contributed by atoms with Crippen molar-refractivity contribution in [2.75, 3.05) is 169 Å². The van der Waals surface area contributed by atoms with Crippen LogP contribution in [0.4, 0.5) is 0 Å². The van der Waals surface area contributed by atoms with Crippen LogP contribution in [0.15, 0.2) is 182 Å². The van der Waals surface area contributed by atoms with Gasteiger partial charge in [0.1, 0.15) is 51.7 Å². The standard InChI is InChI=1S/C105H126N12O18/c1-106(2)55-67-25-68(56-107(3)4)32-88(31-67)127-100(121)82-46-83(101(122)128-89-33-69(57-108(5)6)26-70(34-89)58-109(7)8)50-94(49-82)133-97(118)79-43-80(98(119)134-95-51-84(102(123)129-90-35-71(59-110(9)10)27-72(36-90)60-111(11)12)47-85(52-95)103(124)130-91-37-73(61-112(13)14)28-74(38-91)62-113(15)16)45-81(44-79)99(120)135-96-53-86(104(125)131-92-39-75(63-114(17)18)29-76(40-92)64-115(19)20)48-87(54-96)105(126)132-93-41-77(65-116(21)22)30-78(42-93)66-117(23)24/h25-54H,55-66H2,1-24H3. The highest BCUT2D eigenvalue weighted by Gasteiger charge is 2.29. The van der Waals surface area contributed by atoms with Crippen LogP contribution < -0.4 is 42.6 Å². The highest BCUT2D eigenvalue weighted by molar-refractivity contribution is 6.04. The molecule has 0 fully saturated rings. The molecule has 0 amide bonds. The SMILES string of the molecule is CN(C)Cc1cc(CN(C)C)cc(OC(=O)c2cc(OC(=O)c3cc(C(=O)Oc4cc(C(=O)Oc5cc(CN(C)C)cc(CN(C)C)c5)cc(C(=O)Oc5cc(CN(C)C)cc(CN(C)C)c5)c4)cc(C(=O)Oc4cc(C(=O)Oc5cc(CN(C)C)cc(CN(C)C)c5)cc(C(=O)Oc5cc(CN(C)C)cc(CN(C)C)c5)c4)c3)cc(C(=O)Oc3cc(CN(C)C)cc(CN(C)C)c3)c2)c1. The van der Waals surface area contributed by atoms with Crippen molar-refractivity contribution in [3.63, 3.8) is 0 Å². The fraction of sp³-hybridized carbons (Fsp3) is 0.343. The van der Waals surface area contributed by atoms with E-state index < -0.39 is 87.7 Å². The summed E-state index contributed by atoms with van der Waals surface area (Å²) < 4.78 is 55.5. The second-order valence-corrected chi connectivity index (χ2v) is 37.3. The van der Waals surface area contributed by atoms with Gasteiger partial charge >= 0.3 is 53.7 Å². The average molecular weight is 1840 g/mol. The van der Waals surface area contributed by atoms with E-state index in [1.165, 1.54) is 54.6 Å². The first-order valence-corrected chi connectivity index (χ1v) is 43.9. The lowest BCUT2D eigenvalue weighted by Gasteiger charge is -2.17. The molecule has 0 bridgehead atoms. The van der Waals surface area contributed by atoms with Gasteiger partial charge in [0.05, 0.1) is 50.1 Å². The van der Waals surface area contributed by atoms with Gasteiger partial charge in [0.15, 0.2) is 0 Å². The van der Waals surface area contributed by atoms with E-state index in [4.69, 9.17) is 42.6 Å². The quantitative estimate of drug-likeness (QED) is 0.0254. The van der Waals surface area contributed by atoms with E-state index in [-0.39, 0.29) is 67.9 Å². The Bertz CT molecular complexity index is 4930. The van der Waals surface area contributed by atoms with Gasteiger partial charge in [0.25, 0.3) is 0 Å². The fourth-order valence-electron chi connectivity index (χ4n) is 15.4. The van der Waals surface area contributed by atoms with Gasteiger partial charge < -0.3 is 101 Å². The Kier molecular flexibility index (Phi) is 36.8. The zero-order chi connectivity index (χ0) is 98.5. The van der Waals surface area contributed by atoms with E-state index in [2.05, 4.69) is 0 Å². The summed E-state index contributed by atoms with van der Waals surface area (Å²) in [5, 5.41) is 0. The van der Waals surface area contributed by atoms with Crippen molar-refractivity contribution < 1.29 is 85.8 Å². The zero-order valence-corrected chi connectivity index (χ0v) is 82.0. The number of benzene rings is 10. The minimum absolute atomic E-state index is 0.167. The third kappa shape index (κ3) is 33.2. The Morgan fingerprint density at radius 3 is 0.304 bits per heavy atom. The molecule has 0 aliphatic heterocycles. The van der Waals surface area contributed by atoms with Gasteiger partial charge in [-0.3, -0.25) is 0 Å². The minimum Gasteiger partial charge on any atom is -0.423 e. The number of carbonyl (C=O) groups is 9. The van der Waals surface area contributed by atoms with Gasteiger partial charge in [-0.1, -0.05) is 36.4 Å². The minimum atomic E-state index is -1.30. The summed E-state index contributed by atoms with van der Waals surface area (Å²) in [4.78, 5) is 160. The second kappa shape index (κ2) is 47.7. The number of ether oxygens (including phenoxy) is 9. The van der Waals surface area contributed by atoms with Gasteiger partial charge in [-0.25, -0.2) is 43.2 Å². The van der Waals surface area contributed by atoms with Gasteiger partial charge in [-0.05, 0) is 381 Å². The number of hydrogen-bond acceptors (Lipinski definition) is 30. The Labute approximate surface area is 792 Å². The molecule has 10 rings (SSSR count). The normalized spacial score (nSPS) is 11.6. The number of carbonyl (C=O) groups excluding carboxylic acids is 9. The predicted molar refractivity (Wildman–Crippen MR) is 518 cm³/mol. The van der Waals surface area contributed by atoms with Crippen LogP contribution in [-0.2, 0) is 78.5 Å². The molecule has 0 aliphatic rings. The first-order valence-electron chi connectivity index (χ1n) is 43.9. The number of esters is 9. The molecule has 714 valence electrons. The molecule has 0 saturated carbocycles. The van der Waals surface area contributed by atoms with Gasteiger partial charge in [0, 0.05) is 78.5 Å². The Morgan fingerprint density at radius 1 is 0.133 bits per heavy atom. The van der Waals surface area contributed by atoms with Gasteiger partial charge in [-0.2, -0.15) is 0 Å². The maximum absolute atomic E-state index is 15.6. The number of rotatable bonds is 42. The van der Waals surface area contributed by atoms with E-state index >= 15 is 14.4 Å². The van der Waals surface area contributed by atoms with Gasteiger partial charge in [-0.15, -0.1) is 0 Å². The lowest BCUT2D eigenvalue weighted by Crippen LogP contribution is -2.19. The van der Waals surface area contributed by atoms with Crippen LogP contribution in [-0.4, -0.2) is 282 Å². The van der Waals surface area contributed by atoms with Crippen molar-refractivity contribution in [3.8, 4) is 51.7 Å². The highest BCUT2D eigenvalue weighted by Crippen LogP contribution is 2.33. The molecule has 30 heteroatoms. The summed E-state index contributed by atoms with van der Waals surface area (Å²) in [7, 11) is 45.6. The largest absolute Gasteiger partial charge is 0.423 e. The van der Waals surface area contributed by atoms with Crippen LogP contribution >= 0.6 is 0 Å². The van der Waals surface area contributed by atoms with E-state index in [1.807, 2.05) is 264 Å². The molecule has 0 saturated heterocycles. The fourth-order valence-corrected chi connectivity index (χ4v) is 15.4. The molecule has 0 aromatic heterocycles. The molecule has 0 atom stereocenters. The van der Waals surface area contributed by atoms with Crippen LogP contribution in [0.5, 0.6) is 51.7 Å². The van der Waals surface area contributed by atoms with Crippen molar-refractivity contribution in [2.45, 2.75) is 78.5 Å². The Balaban J connectivity index is 1.13. The van der Waals surface area contributed by atoms with E-state index in [9.17, 15) is 28.8 Å². The molecule has 10 aromatic rings. The molecule has 135 heavy (non-hydrogen) atoms. The van der Waals surface area contributed by atoms with Crippen LogP contribution in [0.1, 0.15) is 160 Å². The van der Waals surface area contributed by atoms with E-state index in [1.54, 1.807) is 72.8 Å². The van der Waals surface area contributed by atoms with Crippen LogP contribution in [0.2, 0.25) is 0 Å². The summed E-state index contributed by atoms with van der Waals surface area (Å²) in [6, 6.07) is 46.3. The van der Waals surface area contributed by atoms with Crippen molar-refractivity contribution in [1.29, 1.82) is 0 Å².